The smallest absolute Gasteiger partial charge is 0.145 e. The lowest BCUT2D eigenvalue weighted by Gasteiger charge is -2.61. The van der Waals surface area contributed by atoms with Crippen LogP contribution in [0, 0.1) is 79.8 Å². The summed E-state index contributed by atoms with van der Waals surface area (Å²) in [6.45, 7) is 23.6. The number of hydrogen-bond acceptors (Lipinski definition) is 8. The highest BCUT2D eigenvalue weighted by Crippen LogP contribution is 2.71. The van der Waals surface area contributed by atoms with Gasteiger partial charge in [-0.25, -0.2) is 0 Å². The summed E-state index contributed by atoms with van der Waals surface area (Å²) >= 11 is 9.58. The van der Waals surface area contributed by atoms with Crippen molar-refractivity contribution in [1.82, 2.24) is 0 Å². The van der Waals surface area contributed by atoms with Crippen molar-refractivity contribution in [1.29, 1.82) is 0 Å². The molecule has 4 N–H and O–H groups in total. The van der Waals surface area contributed by atoms with Gasteiger partial charge in [0.15, 0.2) is 0 Å². The minimum absolute atomic E-state index is 0. The maximum absolute atomic E-state index is 13.4. The number of ketones is 2. The molecule has 6 rings (SSSR count). The second-order valence-corrected chi connectivity index (χ2v) is 72.4. The van der Waals surface area contributed by atoms with Gasteiger partial charge in [0.25, 0.3) is 0 Å². The van der Waals surface area contributed by atoms with Gasteiger partial charge in [0, 0.05) is 316 Å². The van der Waals surface area contributed by atoms with Crippen LogP contribution in [-0.4, -0.2) is 57.4 Å². The van der Waals surface area contributed by atoms with E-state index in [1.807, 2.05) is 140 Å². The van der Waals surface area contributed by atoms with E-state index in [-0.39, 0.29) is 91.0 Å². The van der Waals surface area contributed by atoms with E-state index in [9.17, 15) is 30.0 Å². The fourth-order valence-corrected chi connectivity index (χ4v) is 88.3. The number of aliphatic hydroxyl groups is 4. The highest BCUT2D eigenvalue weighted by Gasteiger charge is 2.68. The van der Waals surface area contributed by atoms with E-state index < -0.39 is 23.0 Å². The van der Waals surface area contributed by atoms with E-state index >= 15 is 0 Å². The molecule has 6 aliphatic carbocycles. The summed E-state index contributed by atoms with van der Waals surface area (Å²) in [6.07, 6.45) is 10.8. The minimum Gasteiger partial charge on any atom is -0.396 e. The van der Waals surface area contributed by atoms with Crippen LogP contribution in [0.25, 0.3) is 0 Å². The molecular formula is C44H78O6S31. The zero-order valence-corrected chi connectivity index (χ0v) is 69.8. The fourth-order valence-electron chi connectivity index (χ4n) is 14.2. The molecule has 0 heterocycles. The lowest BCUT2D eigenvalue weighted by molar-refractivity contribution is -0.184. The Balaban J connectivity index is 0.000000413. The molecule has 0 radical (unpaired) electrons. The average Bonchev–Trinajstić information content (AvgIpc) is 2.73. The molecule has 6 saturated carbocycles. The van der Waals surface area contributed by atoms with Crippen molar-refractivity contribution in [2.45, 2.75) is 160 Å². The molecule has 0 saturated heterocycles. The van der Waals surface area contributed by atoms with Gasteiger partial charge in [-0.1, -0.05) is 76.3 Å². The van der Waals surface area contributed by atoms with Crippen molar-refractivity contribution in [2.24, 2.45) is 79.8 Å². The molecule has 0 amide bonds. The van der Waals surface area contributed by atoms with E-state index in [4.69, 9.17) is 22.4 Å². The zero-order chi connectivity index (χ0) is 58.3. The maximum atomic E-state index is 13.4. The Morgan fingerprint density at radius 1 is 0.481 bits per heavy atom. The normalized spacial score (nSPS) is 35.4. The Hall–Kier alpha value is 5.74. The summed E-state index contributed by atoms with van der Waals surface area (Å²) in [5, 5.41) is 42.7. The minimum atomic E-state index is -0.660. The first-order valence-corrected chi connectivity index (χ1v) is 64.6. The largest absolute Gasteiger partial charge is 0.396 e. The first kappa shape index (κ1) is 82.8. The van der Waals surface area contributed by atoms with E-state index in [0.29, 0.717) is 30.5 Å². The molecule has 0 aliphatic heterocycles. The molecule has 6 aliphatic rings. The molecule has 0 aromatic rings. The Labute approximate surface area is 577 Å². The summed E-state index contributed by atoms with van der Waals surface area (Å²) in [5.74, 6) is 2.32. The van der Waals surface area contributed by atoms with Crippen LogP contribution in [0.2, 0.25) is 0 Å². The van der Waals surface area contributed by atoms with Gasteiger partial charge >= 0.3 is 0 Å². The molecule has 6 fully saturated rings. The summed E-state index contributed by atoms with van der Waals surface area (Å²) < 4.78 is 0. The van der Waals surface area contributed by atoms with Crippen LogP contribution in [0.5, 0.6) is 0 Å². The molecule has 16 atom stereocenters. The van der Waals surface area contributed by atoms with Crippen LogP contribution >= 0.6 is 0 Å². The van der Waals surface area contributed by atoms with Crippen LogP contribution < -0.4 is 0 Å². The van der Waals surface area contributed by atoms with Crippen molar-refractivity contribution in [3.63, 3.8) is 0 Å². The Morgan fingerprint density at radius 3 is 1.02 bits per heavy atom. The number of hydrogen-bond donors (Lipinski definition) is 4. The molecule has 476 valence electrons. The van der Waals surface area contributed by atoms with Crippen molar-refractivity contribution in [2.75, 3.05) is 13.2 Å². The summed E-state index contributed by atoms with van der Waals surface area (Å²) in [5.41, 5.74) is -1.63. The van der Waals surface area contributed by atoms with Gasteiger partial charge in [0.1, 0.15) is 11.6 Å². The second-order valence-electron chi connectivity index (χ2n) is 21.1. The Bertz CT molecular complexity index is 3520. The highest BCUT2D eigenvalue weighted by atomic mass is 33.5. The standard InChI is InChI=1S/C21H36O3.C21H34O3.2CH4.S31/c2*1-6-19(4)11-16(23)20(5)13(2)7-9-21(14(3)18(19)24)10-8-15(12-22)17(20)21;;;1-3-5-7-9-11-13-15-17-19-21-23-25-27-29-31-30-28-26-24-22-20-18-16-14-12-10-8-6-4-2/h13-17,22-23H,6-12H2,1-5H3;6,13-17,22-23H,1,7-12H2,2-5H3;2*1H4;/t2*13-,14+,15+,16-,17?,19-,20+,21+;;;/m11.../s1. The first-order chi connectivity index (χ1) is 37.8. The van der Waals surface area contributed by atoms with Crippen LogP contribution in [0.3, 0.4) is 0 Å². The molecule has 37 heteroatoms. The third kappa shape index (κ3) is 21.9. The van der Waals surface area contributed by atoms with Crippen molar-refractivity contribution in [3.8, 4) is 0 Å². The number of aliphatic hydroxyl groups excluding tert-OH is 4. The van der Waals surface area contributed by atoms with E-state index in [1.54, 1.807) is 113 Å². The van der Waals surface area contributed by atoms with Crippen LogP contribution in [0.15, 0.2) is 12.7 Å². The molecule has 4 bridgehead atoms. The summed E-state index contributed by atoms with van der Waals surface area (Å²) in [7, 11) is 50.9. The van der Waals surface area contributed by atoms with E-state index in [1.165, 1.54) is 17.8 Å². The lowest BCUT2D eigenvalue weighted by atomic mass is 9.43. The van der Waals surface area contributed by atoms with Gasteiger partial charge in [0.05, 0.1) is 12.2 Å². The van der Waals surface area contributed by atoms with Crippen molar-refractivity contribution >= 4 is 291 Å². The Morgan fingerprint density at radius 2 is 0.753 bits per heavy atom. The van der Waals surface area contributed by atoms with Gasteiger partial charge in [-0.15, -0.1) is 6.58 Å². The van der Waals surface area contributed by atoms with Gasteiger partial charge in [-0.05, 0) is 135 Å². The van der Waals surface area contributed by atoms with Gasteiger partial charge in [-0.3, -0.25) is 9.59 Å². The van der Waals surface area contributed by atoms with Gasteiger partial charge in [-0.2, -0.15) is 0 Å². The number of carbonyl (C=O) groups is 2. The average molecular weight is 1700 g/mol. The van der Waals surface area contributed by atoms with Gasteiger partial charge < -0.3 is 20.4 Å². The quantitative estimate of drug-likeness (QED) is 0.207. The number of rotatable bonds is 4. The van der Waals surface area contributed by atoms with Crippen LogP contribution in [-0.2, 0) is 289 Å². The van der Waals surface area contributed by atoms with Crippen molar-refractivity contribution in [3.05, 3.63) is 12.7 Å². The molecule has 2 unspecified atom stereocenters. The summed E-state index contributed by atoms with van der Waals surface area (Å²) in [4.78, 5) is 26.8. The Kier molecular flexibility index (Phi) is 43.2. The van der Waals surface area contributed by atoms with E-state index in [0.717, 1.165) is 57.8 Å². The molecule has 6 nitrogen and oxygen atoms in total. The third-order valence-corrected chi connectivity index (χ3v) is 80.8. The monoisotopic (exact) mass is 1690 g/mol. The van der Waals surface area contributed by atoms with Crippen molar-refractivity contribution < 1.29 is 30.0 Å². The highest BCUT2D eigenvalue weighted by molar-refractivity contribution is 8.80. The topological polar surface area (TPSA) is 115 Å². The molecular weight excluding hydrogens is 1620 g/mol. The number of Topliss-reactive ketones (excluding diaryl/α,β-unsaturated/α-hetero) is 2. The number of allylic oxidation sites excluding steroid dienone is 1. The third-order valence-electron chi connectivity index (χ3n) is 18.5. The van der Waals surface area contributed by atoms with Crippen LogP contribution in [0.1, 0.15) is 148 Å². The maximum Gasteiger partial charge on any atom is 0.145 e. The molecule has 81 heavy (non-hydrogen) atoms. The lowest BCUT2D eigenvalue weighted by Crippen LogP contribution is -2.61. The first-order valence-electron chi connectivity index (χ1n) is 24.6. The SMILES string of the molecule is C.C.C=C[C@]1(C)C[C@@H](O)[C@@]2(C)C3[C@H](CO)CC[C@@]3(CC[C@H]2C)[C@@H](C)C1=O.CC[C@]1(C)C[C@@H](O)[C@@]2(C)C3[C@H](CO)CC[C@@]3(CC[C@H]2C)[C@@H](C)C1=O.S=S=S=S=S=S=S=S=S=S=S=S=S=S=S=S=S=S=S=S=S=S=S=S=S=S=S=S=S=S=S. The van der Waals surface area contributed by atoms with Crippen LogP contribution in [0.4, 0.5) is 0 Å². The predicted molar refractivity (Wildman–Crippen MR) is 433 cm³/mol. The van der Waals surface area contributed by atoms with E-state index in [2.05, 4.69) is 62.0 Å². The molecule has 0 aromatic carbocycles. The fraction of sp³-hybridized carbons (Fsp3) is 0.909. The van der Waals surface area contributed by atoms with Gasteiger partial charge in [0.2, 0.25) is 0 Å². The zero-order valence-electron chi connectivity index (χ0n) is 44.5. The second kappa shape index (κ2) is 42.2. The number of carbonyl (C=O) groups excluding carboxylic acids is 2. The molecule has 0 aromatic heterocycles. The molecule has 0 spiro atoms. The predicted octanol–water partition coefficient (Wildman–Crippen LogP) is 8.60. The summed E-state index contributed by atoms with van der Waals surface area (Å²) in [6, 6.07) is 0.